The minimum atomic E-state index is -1.21. The Kier molecular flexibility index (Phi) is 6.81. The number of aliphatic hydroxyl groups is 1. The molecule has 1 unspecified atom stereocenters. The van der Waals surface area contributed by atoms with Gasteiger partial charge in [0.05, 0.1) is 23.8 Å². The van der Waals surface area contributed by atoms with Gasteiger partial charge in [0.1, 0.15) is 11.4 Å². The lowest BCUT2D eigenvalue weighted by Crippen LogP contribution is -2.34. The highest BCUT2D eigenvalue weighted by molar-refractivity contribution is 5.88. The van der Waals surface area contributed by atoms with Crippen LogP contribution in [0.1, 0.15) is 51.1 Å². The molecule has 1 fully saturated rings. The summed E-state index contributed by atoms with van der Waals surface area (Å²) in [6.07, 6.45) is 4.97. The molecule has 1 aliphatic rings. The van der Waals surface area contributed by atoms with E-state index in [2.05, 4.69) is 25.6 Å². The summed E-state index contributed by atoms with van der Waals surface area (Å²) in [5.74, 6) is -0.313. The normalized spacial score (nSPS) is 16.6. The largest absolute Gasteiger partial charge is 0.397 e. The van der Waals surface area contributed by atoms with Crippen LogP contribution in [0.15, 0.2) is 23.5 Å². The first-order valence-electron chi connectivity index (χ1n) is 10.1. The number of anilines is 1. The molecule has 3 rings (SSSR count). The molecule has 0 spiro atoms. The molecule has 9 nitrogen and oxygen atoms in total. The molecule has 1 aromatic carbocycles. The zero-order valence-corrected chi connectivity index (χ0v) is 17.8. The summed E-state index contributed by atoms with van der Waals surface area (Å²) >= 11 is 0. The van der Waals surface area contributed by atoms with Crippen LogP contribution in [0.5, 0.6) is 0 Å². The van der Waals surface area contributed by atoms with Crippen molar-refractivity contribution in [2.45, 2.75) is 45.3 Å². The van der Waals surface area contributed by atoms with Crippen molar-refractivity contribution in [2.24, 2.45) is 4.99 Å². The molecule has 1 atom stereocenters. The van der Waals surface area contributed by atoms with Gasteiger partial charge in [0.25, 0.3) is 0 Å². The van der Waals surface area contributed by atoms with Gasteiger partial charge < -0.3 is 20.9 Å². The highest BCUT2D eigenvalue weighted by Crippen LogP contribution is 2.43. The molecule has 5 N–H and O–H groups in total. The number of carbonyl (C=O) groups is 1. The number of urea groups is 1. The number of aromatic nitrogens is 2. The van der Waals surface area contributed by atoms with Gasteiger partial charge in [-0.15, -0.1) is 0 Å². The number of amides is 2. The highest BCUT2D eigenvalue weighted by Gasteiger charge is 2.28. The third-order valence-electron chi connectivity index (χ3n) is 4.79. The van der Waals surface area contributed by atoms with Gasteiger partial charge in [0.15, 0.2) is 5.82 Å². The van der Waals surface area contributed by atoms with Gasteiger partial charge in [0, 0.05) is 42.2 Å². The van der Waals surface area contributed by atoms with E-state index in [1.54, 1.807) is 20.8 Å². The van der Waals surface area contributed by atoms with Crippen molar-refractivity contribution in [1.29, 1.82) is 0 Å². The van der Waals surface area contributed by atoms with Crippen LogP contribution in [0.4, 0.5) is 20.6 Å². The van der Waals surface area contributed by atoms with Crippen molar-refractivity contribution in [3.63, 3.8) is 0 Å². The summed E-state index contributed by atoms with van der Waals surface area (Å²) in [5, 5.41) is 15.1. The fourth-order valence-electron chi connectivity index (χ4n) is 3.30. The van der Waals surface area contributed by atoms with Gasteiger partial charge in [-0.25, -0.2) is 24.1 Å². The summed E-state index contributed by atoms with van der Waals surface area (Å²) in [5.41, 5.74) is 6.29. The van der Waals surface area contributed by atoms with Gasteiger partial charge in [-0.1, -0.05) is 0 Å². The topological polar surface area (TPSA) is 135 Å². The highest BCUT2D eigenvalue weighted by atomic mass is 19.1. The maximum Gasteiger partial charge on any atom is 0.319 e. The Bertz CT molecular complexity index is 967. The molecule has 0 bridgehead atoms. The Morgan fingerprint density at radius 2 is 2.16 bits per heavy atom. The molecule has 0 saturated carbocycles. The minimum absolute atomic E-state index is 0.207. The maximum atomic E-state index is 15.7. The Morgan fingerprint density at radius 3 is 2.74 bits per heavy atom. The maximum absolute atomic E-state index is 15.7. The van der Waals surface area contributed by atoms with Gasteiger partial charge in [-0.05, 0) is 39.7 Å². The number of benzene rings is 1. The van der Waals surface area contributed by atoms with E-state index in [1.165, 1.54) is 24.8 Å². The molecule has 10 heteroatoms. The van der Waals surface area contributed by atoms with Crippen LogP contribution in [-0.2, 0) is 10.3 Å². The molecule has 0 aliphatic carbocycles. The molecule has 1 saturated heterocycles. The molecule has 2 amide bonds. The van der Waals surface area contributed by atoms with E-state index in [0.717, 1.165) is 6.42 Å². The molecule has 2 heterocycles. The lowest BCUT2D eigenvalue weighted by Gasteiger charge is -2.19. The molecule has 1 aromatic heterocycles. The Morgan fingerprint density at radius 1 is 1.45 bits per heavy atom. The smallest absolute Gasteiger partial charge is 0.319 e. The van der Waals surface area contributed by atoms with Gasteiger partial charge >= 0.3 is 6.03 Å². The summed E-state index contributed by atoms with van der Waals surface area (Å²) in [7, 11) is 0. The zero-order chi connectivity index (χ0) is 22.6. The van der Waals surface area contributed by atoms with Crippen molar-refractivity contribution in [2.75, 3.05) is 18.9 Å². The third-order valence-corrected chi connectivity index (χ3v) is 4.79. The van der Waals surface area contributed by atoms with Crippen LogP contribution in [0.25, 0.3) is 11.1 Å². The Balaban J connectivity index is 2.03. The molecule has 166 valence electrons. The van der Waals surface area contributed by atoms with E-state index in [1.807, 2.05) is 0 Å². The molecule has 31 heavy (non-hydrogen) atoms. The van der Waals surface area contributed by atoms with Crippen LogP contribution in [-0.4, -0.2) is 40.6 Å². The predicted octanol–water partition coefficient (Wildman–Crippen LogP) is 2.92. The van der Waals surface area contributed by atoms with Crippen molar-refractivity contribution < 1.29 is 19.0 Å². The van der Waals surface area contributed by atoms with E-state index in [-0.39, 0.29) is 28.3 Å². The SMILES string of the molecule is CCNC(=O)NC=Nc1c(N)cc(-c2cnc(C(C)(C)O)nc2)c(F)c1C1CCCO1. The van der Waals surface area contributed by atoms with Crippen LogP contribution >= 0.6 is 0 Å². The number of carbonyl (C=O) groups excluding carboxylic acids is 1. The van der Waals surface area contributed by atoms with Crippen LogP contribution in [0.3, 0.4) is 0 Å². The number of nitrogen functional groups attached to an aromatic ring is 1. The zero-order valence-electron chi connectivity index (χ0n) is 17.8. The average Bonchev–Trinajstić information content (AvgIpc) is 3.24. The van der Waals surface area contributed by atoms with Crippen molar-refractivity contribution in [3.05, 3.63) is 35.7 Å². The second kappa shape index (κ2) is 9.36. The fourth-order valence-corrected chi connectivity index (χ4v) is 3.30. The van der Waals surface area contributed by atoms with Crippen LogP contribution in [0, 0.1) is 5.82 Å². The van der Waals surface area contributed by atoms with Gasteiger partial charge in [-0.2, -0.15) is 0 Å². The van der Waals surface area contributed by atoms with Crippen LogP contribution < -0.4 is 16.4 Å². The van der Waals surface area contributed by atoms with E-state index in [9.17, 15) is 9.90 Å². The monoisotopic (exact) mass is 430 g/mol. The average molecular weight is 430 g/mol. The minimum Gasteiger partial charge on any atom is -0.397 e. The molecule has 2 aromatic rings. The summed E-state index contributed by atoms with van der Waals surface area (Å²) in [6.45, 7) is 5.89. The quantitative estimate of drug-likeness (QED) is 0.316. The Hall–Kier alpha value is -3.11. The number of rotatable bonds is 6. The van der Waals surface area contributed by atoms with Crippen molar-refractivity contribution >= 4 is 23.7 Å². The predicted molar refractivity (Wildman–Crippen MR) is 115 cm³/mol. The molecule has 0 radical (unpaired) electrons. The van der Waals surface area contributed by atoms with E-state index in [0.29, 0.717) is 25.1 Å². The summed E-state index contributed by atoms with van der Waals surface area (Å²) in [6, 6.07) is 1.03. The standard InChI is InChI=1S/C21H27FN6O3/c1-4-24-20(29)28-11-27-18-14(23)8-13(17(22)16(18)15-6-5-7-31-15)12-9-25-19(26-10-12)21(2,3)30/h8-11,15,30H,4-7,23H2,1-3H3,(H2,24,27,28,29). The van der Waals surface area contributed by atoms with E-state index < -0.39 is 23.6 Å². The fraction of sp³-hybridized carbons (Fsp3) is 0.429. The summed E-state index contributed by atoms with van der Waals surface area (Å²) < 4.78 is 21.4. The molecular formula is C21H27FN6O3. The Labute approximate surface area is 180 Å². The lowest BCUT2D eigenvalue weighted by atomic mass is 9.96. The number of aliphatic imine (C=N–C) groups is 1. The first kappa shape index (κ1) is 22.6. The number of nitrogens with one attached hydrogen (secondary N) is 2. The number of ether oxygens (including phenoxy) is 1. The van der Waals surface area contributed by atoms with E-state index in [4.69, 9.17) is 10.5 Å². The second-order valence-corrected chi connectivity index (χ2v) is 7.71. The van der Waals surface area contributed by atoms with Crippen LogP contribution in [0.2, 0.25) is 0 Å². The number of hydrogen-bond acceptors (Lipinski definition) is 7. The summed E-state index contributed by atoms with van der Waals surface area (Å²) in [4.78, 5) is 24.1. The molecule has 1 aliphatic heterocycles. The van der Waals surface area contributed by atoms with Crippen molar-refractivity contribution in [3.8, 4) is 11.1 Å². The first-order chi connectivity index (χ1) is 14.7. The van der Waals surface area contributed by atoms with E-state index >= 15 is 4.39 Å². The number of hydrogen-bond donors (Lipinski definition) is 4. The lowest BCUT2D eigenvalue weighted by molar-refractivity contribution is 0.0687. The first-order valence-corrected chi connectivity index (χ1v) is 10.1. The van der Waals surface area contributed by atoms with Gasteiger partial charge in [0.2, 0.25) is 0 Å². The van der Waals surface area contributed by atoms with Gasteiger partial charge in [-0.3, -0.25) is 5.32 Å². The second-order valence-electron chi connectivity index (χ2n) is 7.71. The third kappa shape index (κ3) is 5.15. The molecular weight excluding hydrogens is 403 g/mol. The number of nitrogens with zero attached hydrogens (tertiary/aromatic N) is 3. The number of nitrogens with two attached hydrogens (primary N) is 1. The number of halogens is 1. The van der Waals surface area contributed by atoms with Crippen molar-refractivity contribution in [1.82, 2.24) is 20.6 Å².